The van der Waals surface area contributed by atoms with Crippen LogP contribution < -0.4 is 20.1 Å². The molecule has 0 unspecified atom stereocenters. The number of H-pyrrole nitrogens is 1. The molecule has 5 atom stereocenters. The number of ether oxygens (including phenoxy) is 5. The molecule has 0 bridgehead atoms. The largest absolute Gasteiger partial charge is 0.454 e. The molecular formula is C59H74N8O10. The molecule has 0 aliphatic carbocycles. The van der Waals surface area contributed by atoms with Crippen molar-refractivity contribution in [3.05, 3.63) is 95.6 Å². The molecule has 9 rings (SSSR count). The first-order valence-corrected chi connectivity index (χ1v) is 26.7. The van der Waals surface area contributed by atoms with Crippen molar-refractivity contribution in [2.75, 3.05) is 19.9 Å². The minimum Gasteiger partial charge on any atom is -0.454 e. The molecule has 5 amide bonds. The Morgan fingerprint density at radius 3 is 1.74 bits per heavy atom. The van der Waals surface area contributed by atoms with Crippen LogP contribution in [0, 0.1) is 10.8 Å². The third kappa shape index (κ3) is 12.4. The van der Waals surface area contributed by atoms with Gasteiger partial charge >= 0.3 is 18.3 Å². The smallest absolute Gasteiger partial charge is 0.410 e. The number of fused-ring (bicyclic) bond motifs is 2. The van der Waals surface area contributed by atoms with Crippen molar-refractivity contribution >= 4 is 41.4 Å². The van der Waals surface area contributed by atoms with Crippen molar-refractivity contribution in [2.24, 2.45) is 15.8 Å². The Balaban J connectivity index is 0.856. The highest BCUT2D eigenvalue weighted by molar-refractivity contribution is 6.04. The molecule has 1 aromatic heterocycles. The summed E-state index contributed by atoms with van der Waals surface area (Å²) in [6.45, 7) is 23.7. The van der Waals surface area contributed by atoms with E-state index in [9.17, 15) is 24.0 Å². The predicted molar refractivity (Wildman–Crippen MR) is 291 cm³/mol. The summed E-state index contributed by atoms with van der Waals surface area (Å²) < 4.78 is 28.4. The van der Waals surface area contributed by atoms with Gasteiger partial charge in [-0.05, 0) is 116 Å². The van der Waals surface area contributed by atoms with Crippen LogP contribution in [0.3, 0.4) is 0 Å². The van der Waals surface area contributed by atoms with Gasteiger partial charge in [-0.25, -0.2) is 19.4 Å². The molecule has 18 heteroatoms. The lowest BCUT2D eigenvalue weighted by Crippen LogP contribution is -2.57. The van der Waals surface area contributed by atoms with E-state index in [0.29, 0.717) is 49.8 Å². The van der Waals surface area contributed by atoms with Gasteiger partial charge in [0.2, 0.25) is 18.6 Å². The SMILES string of the molecule is CC(C)(C)OC(=O)N[C@H](C(=O)N1C[C@H](OC(=O)N2Cc3cc4c(cc3C2)OCO4)C[C@H]1C1=NC=C(c2ccc(-c3ccc(-c4cnc([C@@H]5CCCN5C(=O)[C@@H](NC(=O)OC(C)(C)C)C(C)(C)C)[nH]4)cc3)cc2)C1)C(C)(C)C. The van der Waals surface area contributed by atoms with Crippen LogP contribution in [0.4, 0.5) is 14.4 Å². The predicted octanol–water partition coefficient (Wildman–Crippen LogP) is 10.3. The van der Waals surface area contributed by atoms with Crippen LogP contribution in [0.25, 0.3) is 28.0 Å². The Morgan fingerprint density at radius 1 is 0.688 bits per heavy atom. The zero-order valence-corrected chi connectivity index (χ0v) is 46.5. The lowest BCUT2D eigenvalue weighted by Gasteiger charge is -2.36. The van der Waals surface area contributed by atoms with Gasteiger partial charge in [0, 0.05) is 44.4 Å². The molecule has 77 heavy (non-hydrogen) atoms. The molecule has 2 fully saturated rings. The number of likely N-dealkylation sites (tertiary alicyclic amines) is 2. The molecule has 0 radical (unpaired) electrons. The summed E-state index contributed by atoms with van der Waals surface area (Å²) in [5.41, 5.74) is 5.74. The number of rotatable bonds is 10. The van der Waals surface area contributed by atoms with Gasteiger partial charge in [-0.2, -0.15) is 0 Å². The Labute approximate surface area is 451 Å². The fourth-order valence-electron chi connectivity index (χ4n) is 10.6. The molecule has 0 saturated carbocycles. The van der Waals surface area contributed by atoms with Crippen LogP contribution in [0.5, 0.6) is 11.5 Å². The molecule has 3 N–H and O–H groups in total. The second-order valence-corrected chi connectivity index (χ2v) is 24.9. The molecule has 18 nitrogen and oxygen atoms in total. The molecule has 3 aromatic carbocycles. The van der Waals surface area contributed by atoms with E-state index in [-0.39, 0.29) is 31.2 Å². The summed E-state index contributed by atoms with van der Waals surface area (Å²) in [6, 6.07) is 17.8. The van der Waals surface area contributed by atoms with E-state index in [1.165, 1.54) is 0 Å². The number of hydrogen-bond donors (Lipinski definition) is 3. The number of aromatic amines is 1. The molecule has 4 aromatic rings. The molecule has 5 aliphatic rings. The number of nitrogens with zero attached hydrogens (tertiary/aromatic N) is 5. The third-order valence-corrected chi connectivity index (χ3v) is 14.4. The number of carbonyl (C=O) groups is 5. The summed E-state index contributed by atoms with van der Waals surface area (Å²) >= 11 is 0. The number of carbonyl (C=O) groups excluding carboxylic acids is 5. The van der Waals surface area contributed by atoms with Crippen LogP contribution in [-0.2, 0) is 36.9 Å². The Kier molecular flexibility index (Phi) is 14.8. The first-order valence-electron chi connectivity index (χ1n) is 26.7. The average molecular weight is 1060 g/mol. The van der Waals surface area contributed by atoms with Crippen LogP contribution in [0.15, 0.2) is 78.1 Å². The number of amides is 5. The zero-order chi connectivity index (χ0) is 55.4. The number of nitrogens with one attached hydrogen (secondary N) is 3. The Morgan fingerprint density at radius 2 is 1.21 bits per heavy atom. The molecule has 5 aliphatic heterocycles. The quantitative estimate of drug-likeness (QED) is 0.127. The van der Waals surface area contributed by atoms with Crippen molar-refractivity contribution in [1.82, 2.24) is 35.3 Å². The molecule has 2 saturated heterocycles. The number of imidazole rings is 1. The first-order chi connectivity index (χ1) is 36.2. The van der Waals surface area contributed by atoms with Gasteiger partial charge in [0.1, 0.15) is 35.2 Å². The van der Waals surface area contributed by atoms with E-state index in [0.717, 1.165) is 63.2 Å². The van der Waals surface area contributed by atoms with Crippen molar-refractivity contribution in [3.63, 3.8) is 0 Å². The Hall–Kier alpha value is -7.37. The fourth-order valence-corrected chi connectivity index (χ4v) is 10.6. The number of hydrogen-bond acceptors (Lipinski definition) is 12. The highest BCUT2D eigenvalue weighted by atomic mass is 16.7. The minimum atomic E-state index is -0.953. The summed E-state index contributed by atoms with van der Waals surface area (Å²) in [4.78, 5) is 87.0. The second-order valence-electron chi connectivity index (χ2n) is 24.9. The highest BCUT2D eigenvalue weighted by Crippen LogP contribution is 2.40. The normalized spacial score (nSPS) is 20.1. The van der Waals surface area contributed by atoms with Gasteiger partial charge in [-0.1, -0.05) is 90.1 Å². The van der Waals surface area contributed by atoms with E-state index in [4.69, 9.17) is 33.7 Å². The number of alkyl carbamates (subject to hydrolysis) is 2. The summed E-state index contributed by atoms with van der Waals surface area (Å²) in [7, 11) is 0. The van der Waals surface area contributed by atoms with E-state index in [1.807, 2.05) is 76.9 Å². The lowest BCUT2D eigenvalue weighted by molar-refractivity contribution is -0.137. The number of aliphatic imine (C=N–C) groups is 1. The average Bonchev–Trinajstić information content (AvgIpc) is 4.23. The summed E-state index contributed by atoms with van der Waals surface area (Å²) in [5.74, 6) is 1.52. The maximum absolute atomic E-state index is 14.8. The molecule has 6 heterocycles. The maximum atomic E-state index is 14.8. The van der Waals surface area contributed by atoms with Gasteiger partial charge in [-0.15, -0.1) is 0 Å². The fraction of sp³-hybridized carbons (Fsp3) is 0.508. The number of benzene rings is 3. The van der Waals surface area contributed by atoms with Crippen LogP contribution in [-0.4, -0.2) is 116 Å². The second kappa shape index (κ2) is 20.9. The summed E-state index contributed by atoms with van der Waals surface area (Å²) in [6.07, 6.45) is 3.56. The van der Waals surface area contributed by atoms with Crippen molar-refractivity contribution in [1.29, 1.82) is 0 Å². The number of aromatic nitrogens is 2. The highest BCUT2D eigenvalue weighted by Gasteiger charge is 2.47. The van der Waals surface area contributed by atoms with E-state index in [1.54, 1.807) is 57.5 Å². The molecular weight excluding hydrogens is 981 g/mol. The van der Waals surface area contributed by atoms with Crippen LogP contribution >= 0.6 is 0 Å². The van der Waals surface area contributed by atoms with Gasteiger partial charge in [0.25, 0.3) is 0 Å². The van der Waals surface area contributed by atoms with Crippen LogP contribution in [0.1, 0.15) is 137 Å². The van der Waals surface area contributed by atoms with Gasteiger partial charge in [0.05, 0.1) is 30.5 Å². The topological polar surface area (TPSA) is 206 Å². The van der Waals surface area contributed by atoms with Crippen LogP contribution in [0.2, 0.25) is 0 Å². The van der Waals surface area contributed by atoms with Crippen molar-refractivity contribution < 1.29 is 47.7 Å². The monoisotopic (exact) mass is 1050 g/mol. The van der Waals surface area contributed by atoms with Gasteiger partial charge in [0.15, 0.2) is 11.5 Å². The number of allylic oxidation sites excluding steroid dienone is 1. The lowest BCUT2D eigenvalue weighted by atomic mass is 9.85. The Bertz CT molecular complexity index is 2940. The van der Waals surface area contributed by atoms with E-state index >= 15 is 0 Å². The van der Waals surface area contributed by atoms with Crippen molar-refractivity contribution in [2.45, 2.75) is 163 Å². The van der Waals surface area contributed by atoms with Gasteiger partial charge in [-0.3, -0.25) is 19.5 Å². The van der Waals surface area contributed by atoms with Gasteiger partial charge < -0.3 is 49.1 Å². The molecule has 410 valence electrons. The standard InChI is InChI=1S/C59H74N8O10/c1-56(2,3)48(63-53(70)76-58(7,8)9)51(68)66-23-13-14-44(66)50-61-29-43(62-50)37-21-19-35(20-22-37)34-15-17-36(18-16-34)38-24-42(60-28-38)45-27-41(32-67(45)52(69)49(57(4,5)6)64-54(71)77-59(10,11)12)75-55(72)65-30-39-25-46-47(74-33-73-46)26-40(39)31-65/h15-22,25-26,28-29,41,44-45,48-49H,13-14,23-24,27,30-33H2,1-12H3,(H,61,62)(H,63,70)(H,64,71)/t41-,44+,45+,48-,49-/m1/s1. The van der Waals surface area contributed by atoms with E-state index in [2.05, 4.69) is 52.0 Å². The first kappa shape index (κ1) is 54.4. The van der Waals surface area contributed by atoms with E-state index < -0.39 is 64.5 Å². The van der Waals surface area contributed by atoms with Crippen molar-refractivity contribution in [3.8, 4) is 33.9 Å². The zero-order valence-electron chi connectivity index (χ0n) is 46.5. The third-order valence-electron chi connectivity index (χ3n) is 14.4. The molecule has 0 spiro atoms. The minimum absolute atomic E-state index is 0.118. The maximum Gasteiger partial charge on any atom is 0.410 e. The summed E-state index contributed by atoms with van der Waals surface area (Å²) in [5, 5.41) is 5.70.